The van der Waals surface area contributed by atoms with Crippen LogP contribution in [0, 0.1) is 11.3 Å². The fourth-order valence-electron chi connectivity index (χ4n) is 2.03. The Labute approximate surface area is 106 Å². The van der Waals surface area contributed by atoms with Gasteiger partial charge in [-0.05, 0) is 6.07 Å². The Balaban J connectivity index is 2.18. The third-order valence-electron chi connectivity index (χ3n) is 2.79. The summed E-state index contributed by atoms with van der Waals surface area (Å²) in [4.78, 5) is 11.7. The van der Waals surface area contributed by atoms with E-state index in [0.717, 1.165) is 0 Å². The summed E-state index contributed by atoms with van der Waals surface area (Å²) in [6, 6.07) is 6.05. The number of nitriles is 1. The second-order valence-corrected chi connectivity index (χ2v) is 3.95. The third kappa shape index (κ3) is 1.69. The summed E-state index contributed by atoms with van der Waals surface area (Å²) in [5, 5.41) is 11.4. The zero-order valence-electron chi connectivity index (χ0n) is 9.37. The molecule has 5 nitrogen and oxygen atoms in total. The second kappa shape index (κ2) is 3.68. The van der Waals surface area contributed by atoms with Gasteiger partial charge in [-0.25, -0.2) is 0 Å². The van der Waals surface area contributed by atoms with Gasteiger partial charge >= 0.3 is 6.29 Å². The minimum atomic E-state index is -3.76. The SMILES string of the molecule is N#CC1=C(c2cccc3c2OC(F)(F)O3)C(=O)NC1. The predicted molar refractivity (Wildman–Crippen MR) is 58.2 cm³/mol. The number of alkyl halides is 2. The molecule has 0 bridgehead atoms. The number of benzene rings is 1. The van der Waals surface area contributed by atoms with Crippen LogP contribution in [0.1, 0.15) is 5.56 Å². The number of nitrogens with zero attached hydrogens (tertiary/aromatic N) is 1. The van der Waals surface area contributed by atoms with Gasteiger partial charge in [-0.3, -0.25) is 4.79 Å². The van der Waals surface area contributed by atoms with Crippen LogP contribution in [0.5, 0.6) is 11.5 Å². The number of amides is 1. The number of para-hydroxylation sites is 1. The minimum Gasteiger partial charge on any atom is -0.395 e. The van der Waals surface area contributed by atoms with E-state index in [9.17, 15) is 13.6 Å². The molecule has 0 unspecified atom stereocenters. The average molecular weight is 264 g/mol. The summed E-state index contributed by atoms with van der Waals surface area (Å²) in [5.74, 6) is -0.886. The molecule has 0 radical (unpaired) electrons. The highest BCUT2D eigenvalue weighted by Gasteiger charge is 2.45. The van der Waals surface area contributed by atoms with Crippen LogP contribution in [0.2, 0.25) is 0 Å². The summed E-state index contributed by atoms with van der Waals surface area (Å²) in [7, 11) is 0. The first-order chi connectivity index (χ1) is 9.02. The number of fused-ring (bicyclic) bond motifs is 1. The zero-order valence-corrected chi connectivity index (χ0v) is 9.37. The lowest BCUT2D eigenvalue weighted by Gasteiger charge is -2.07. The van der Waals surface area contributed by atoms with Crippen LogP contribution >= 0.6 is 0 Å². The van der Waals surface area contributed by atoms with E-state index in [-0.39, 0.29) is 34.8 Å². The van der Waals surface area contributed by atoms with Crippen molar-refractivity contribution in [3.8, 4) is 17.6 Å². The molecule has 96 valence electrons. The van der Waals surface area contributed by atoms with E-state index in [2.05, 4.69) is 14.8 Å². The van der Waals surface area contributed by atoms with Gasteiger partial charge in [-0.1, -0.05) is 12.1 Å². The van der Waals surface area contributed by atoms with Gasteiger partial charge in [-0.15, -0.1) is 8.78 Å². The lowest BCUT2D eigenvalue weighted by molar-refractivity contribution is -0.286. The number of carbonyl (C=O) groups excluding carboxylic acids is 1. The van der Waals surface area contributed by atoms with Crippen molar-refractivity contribution < 1.29 is 23.0 Å². The number of hydrogen-bond acceptors (Lipinski definition) is 4. The first-order valence-electron chi connectivity index (χ1n) is 5.32. The highest BCUT2D eigenvalue weighted by Crippen LogP contribution is 2.46. The van der Waals surface area contributed by atoms with Gasteiger partial charge in [0.1, 0.15) is 0 Å². The molecule has 0 spiro atoms. The van der Waals surface area contributed by atoms with E-state index in [0.29, 0.717) is 0 Å². The molecule has 2 heterocycles. The van der Waals surface area contributed by atoms with Gasteiger partial charge in [0.05, 0.1) is 23.8 Å². The maximum atomic E-state index is 13.1. The Morgan fingerprint density at radius 2 is 2.16 bits per heavy atom. The Morgan fingerprint density at radius 3 is 2.89 bits per heavy atom. The highest BCUT2D eigenvalue weighted by molar-refractivity contribution is 6.24. The Bertz CT molecular complexity index is 661. The van der Waals surface area contributed by atoms with Gasteiger partial charge in [0.2, 0.25) is 0 Å². The number of rotatable bonds is 1. The van der Waals surface area contributed by atoms with Gasteiger partial charge in [0.15, 0.2) is 11.5 Å². The smallest absolute Gasteiger partial charge is 0.395 e. The van der Waals surface area contributed by atoms with E-state index in [1.165, 1.54) is 18.2 Å². The maximum Gasteiger partial charge on any atom is 0.586 e. The van der Waals surface area contributed by atoms with Crippen molar-refractivity contribution in [2.24, 2.45) is 0 Å². The molecule has 7 heteroatoms. The lowest BCUT2D eigenvalue weighted by atomic mass is 10.0. The number of carbonyl (C=O) groups is 1. The summed E-state index contributed by atoms with van der Waals surface area (Å²) in [5.41, 5.74) is 0.346. The molecule has 0 saturated heterocycles. The standard InChI is InChI=1S/C12H6F2N2O3/c13-12(14)18-8-3-1-2-7(10(8)19-12)9-6(4-15)5-16-11(9)17/h1-3H,5H2,(H,16,17). The van der Waals surface area contributed by atoms with Crippen LogP contribution in [0.3, 0.4) is 0 Å². The highest BCUT2D eigenvalue weighted by atomic mass is 19.3. The Kier molecular flexibility index (Phi) is 2.22. The van der Waals surface area contributed by atoms with E-state index in [1.807, 2.05) is 6.07 Å². The quantitative estimate of drug-likeness (QED) is 0.832. The monoisotopic (exact) mass is 264 g/mol. The van der Waals surface area contributed by atoms with Gasteiger partial charge in [-0.2, -0.15) is 5.26 Å². The van der Waals surface area contributed by atoms with Crippen LogP contribution in [-0.2, 0) is 4.79 Å². The van der Waals surface area contributed by atoms with E-state index >= 15 is 0 Å². The van der Waals surface area contributed by atoms with Crippen LogP contribution in [0.4, 0.5) is 8.78 Å². The molecular weight excluding hydrogens is 258 g/mol. The van der Waals surface area contributed by atoms with Gasteiger partial charge < -0.3 is 14.8 Å². The van der Waals surface area contributed by atoms with Gasteiger partial charge in [0, 0.05) is 5.56 Å². The molecule has 1 aromatic carbocycles. The lowest BCUT2D eigenvalue weighted by Crippen LogP contribution is -2.26. The normalized spacial score (nSPS) is 19.3. The minimum absolute atomic E-state index is 0.0423. The number of ether oxygens (including phenoxy) is 2. The van der Waals surface area contributed by atoms with Crippen molar-refractivity contribution in [3.05, 3.63) is 29.3 Å². The van der Waals surface area contributed by atoms with Crippen molar-refractivity contribution in [1.82, 2.24) is 5.32 Å². The molecule has 0 saturated carbocycles. The van der Waals surface area contributed by atoms with Crippen molar-refractivity contribution >= 4 is 11.5 Å². The molecule has 0 atom stereocenters. The molecule has 19 heavy (non-hydrogen) atoms. The fraction of sp³-hybridized carbons (Fsp3) is 0.167. The topological polar surface area (TPSA) is 71.3 Å². The molecular formula is C12H6F2N2O3. The first-order valence-corrected chi connectivity index (χ1v) is 5.32. The van der Waals surface area contributed by atoms with Crippen LogP contribution in [-0.4, -0.2) is 18.7 Å². The molecule has 0 aromatic heterocycles. The molecule has 3 rings (SSSR count). The second-order valence-electron chi connectivity index (χ2n) is 3.95. The Morgan fingerprint density at radius 1 is 1.37 bits per heavy atom. The van der Waals surface area contributed by atoms with Crippen molar-refractivity contribution in [2.75, 3.05) is 6.54 Å². The number of halogens is 2. The fourth-order valence-corrected chi connectivity index (χ4v) is 2.03. The van der Waals surface area contributed by atoms with Crippen LogP contribution in [0.15, 0.2) is 23.8 Å². The van der Waals surface area contributed by atoms with Crippen molar-refractivity contribution in [1.29, 1.82) is 5.26 Å². The molecule has 0 aliphatic carbocycles. The van der Waals surface area contributed by atoms with Crippen LogP contribution in [0.25, 0.3) is 5.57 Å². The number of nitrogens with one attached hydrogen (secondary N) is 1. The molecule has 1 amide bonds. The van der Waals surface area contributed by atoms with E-state index in [4.69, 9.17) is 5.26 Å². The summed E-state index contributed by atoms with van der Waals surface area (Å²) < 4.78 is 34.8. The predicted octanol–water partition coefficient (Wildman–Crippen LogP) is 1.42. The molecule has 1 aromatic rings. The zero-order chi connectivity index (χ0) is 13.6. The summed E-state index contributed by atoms with van der Waals surface area (Å²) in [6.45, 7) is 0.0750. The molecule has 2 aliphatic rings. The van der Waals surface area contributed by atoms with E-state index in [1.54, 1.807) is 0 Å². The molecule has 1 N–H and O–H groups in total. The maximum absolute atomic E-state index is 13.1. The van der Waals surface area contributed by atoms with Crippen LogP contribution < -0.4 is 14.8 Å². The molecule has 0 fully saturated rings. The van der Waals surface area contributed by atoms with Gasteiger partial charge in [0.25, 0.3) is 5.91 Å². The van der Waals surface area contributed by atoms with Crippen molar-refractivity contribution in [3.63, 3.8) is 0 Å². The van der Waals surface area contributed by atoms with Crippen molar-refractivity contribution in [2.45, 2.75) is 6.29 Å². The Hall–Kier alpha value is -2.62. The average Bonchev–Trinajstić information content (AvgIpc) is 2.86. The summed E-state index contributed by atoms with van der Waals surface area (Å²) >= 11 is 0. The number of hydrogen-bond donors (Lipinski definition) is 1. The first kappa shape index (κ1) is 11.5. The largest absolute Gasteiger partial charge is 0.586 e. The van der Waals surface area contributed by atoms with E-state index < -0.39 is 12.2 Å². The third-order valence-corrected chi connectivity index (χ3v) is 2.79. The summed E-state index contributed by atoms with van der Waals surface area (Å²) in [6.07, 6.45) is -3.76. The molecule has 2 aliphatic heterocycles.